The second-order valence-electron chi connectivity index (χ2n) is 6.13. The molecule has 0 atom stereocenters. The van der Waals surface area contributed by atoms with Crippen molar-refractivity contribution in [1.29, 1.82) is 0 Å². The molecule has 1 amide bonds. The number of piperazine rings is 1. The lowest BCUT2D eigenvalue weighted by Crippen LogP contribution is -2.52. The summed E-state index contributed by atoms with van der Waals surface area (Å²) in [5.41, 5.74) is 0. The summed E-state index contributed by atoms with van der Waals surface area (Å²) in [6.07, 6.45) is 2.26. The van der Waals surface area contributed by atoms with Crippen LogP contribution in [-0.4, -0.2) is 95.2 Å². The van der Waals surface area contributed by atoms with Crippen LogP contribution in [0.4, 0.5) is 0 Å². The fourth-order valence-corrected chi connectivity index (χ4v) is 2.62. The third kappa shape index (κ3) is 6.42. The fraction of sp³-hybridized carbons (Fsp3) is 0.733. The number of nitrogens with one attached hydrogen (secondary N) is 1. The van der Waals surface area contributed by atoms with Gasteiger partial charge in [-0.3, -0.25) is 14.7 Å². The smallest absolute Gasteiger partial charge is 0.223 e. The molecule has 0 unspecified atom stereocenters. The van der Waals surface area contributed by atoms with Crippen LogP contribution in [0.5, 0.6) is 0 Å². The number of hydrogen-bond donors (Lipinski definition) is 1. The van der Waals surface area contributed by atoms with Crippen LogP contribution in [0.15, 0.2) is 11.3 Å². The molecule has 1 aromatic rings. The van der Waals surface area contributed by atoms with Crippen LogP contribution in [0.25, 0.3) is 0 Å². The number of rotatable bonds is 5. The van der Waals surface area contributed by atoms with E-state index in [1.54, 1.807) is 32.4 Å². The van der Waals surface area contributed by atoms with Gasteiger partial charge < -0.3 is 19.7 Å². The normalized spacial score (nSPS) is 15.7. The summed E-state index contributed by atoms with van der Waals surface area (Å²) in [6.45, 7) is 5.08. The molecular weight excluding hydrogens is 435 g/mol. The Morgan fingerprint density at radius 2 is 2.00 bits per heavy atom. The molecular formula is C15H29IN8O. The van der Waals surface area contributed by atoms with Crippen LogP contribution in [0.3, 0.4) is 0 Å². The maximum Gasteiger partial charge on any atom is 0.223 e. The van der Waals surface area contributed by atoms with Crippen molar-refractivity contribution in [2.45, 2.75) is 13.0 Å². The molecule has 0 spiro atoms. The van der Waals surface area contributed by atoms with Gasteiger partial charge in [-0.1, -0.05) is 0 Å². The standard InChI is InChI=1S/C15H28N8O.HI/c1-16-15(17-11-13-19-18-12-21(13)4)23-9-7-22(8-10-23)6-5-14(24)20(2)3;/h12H,5-11H2,1-4H3,(H,16,17);1H. The first-order valence-corrected chi connectivity index (χ1v) is 8.22. The zero-order valence-electron chi connectivity index (χ0n) is 15.5. The summed E-state index contributed by atoms with van der Waals surface area (Å²) in [5.74, 6) is 1.93. The number of carbonyl (C=O) groups is 1. The number of carbonyl (C=O) groups excluding carboxylic acids is 1. The van der Waals surface area contributed by atoms with Gasteiger partial charge in [0.15, 0.2) is 11.8 Å². The van der Waals surface area contributed by atoms with E-state index < -0.39 is 0 Å². The summed E-state index contributed by atoms with van der Waals surface area (Å²) in [6, 6.07) is 0. The van der Waals surface area contributed by atoms with Crippen LogP contribution >= 0.6 is 24.0 Å². The molecule has 1 N–H and O–H groups in total. The van der Waals surface area contributed by atoms with Gasteiger partial charge in [-0.15, -0.1) is 34.2 Å². The average Bonchev–Trinajstić information content (AvgIpc) is 2.99. The number of amides is 1. The van der Waals surface area contributed by atoms with Crippen molar-refractivity contribution >= 4 is 35.8 Å². The minimum atomic E-state index is 0. The van der Waals surface area contributed by atoms with E-state index in [2.05, 4.69) is 30.3 Å². The predicted molar refractivity (Wildman–Crippen MR) is 108 cm³/mol. The van der Waals surface area contributed by atoms with E-state index >= 15 is 0 Å². The maximum absolute atomic E-state index is 11.7. The molecule has 10 heteroatoms. The fourth-order valence-electron chi connectivity index (χ4n) is 2.62. The maximum atomic E-state index is 11.7. The van der Waals surface area contributed by atoms with Crippen molar-refractivity contribution in [1.82, 2.24) is 34.8 Å². The van der Waals surface area contributed by atoms with E-state index in [4.69, 9.17) is 0 Å². The highest BCUT2D eigenvalue weighted by Crippen LogP contribution is 2.04. The van der Waals surface area contributed by atoms with Crippen molar-refractivity contribution in [2.75, 3.05) is 53.9 Å². The van der Waals surface area contributed by atoms with Crippen molar-refractivity contribution in [2.24, 2.45) is 12.0 Å². The molecule has 1 saturated heterocycles. The Bertz CT molecular complexity index is 566. The quantitative estimate of drug-likeness (QED) is 0.363. The van der Waals surface area contributed by atoms with Gasteiger partial charge in [0, 0.05) is 67.3 Å². The zero-order valence-corrected chi connectivity index (χ0v) is 17.8. The van der Waals surface area contributed by atoms with E-state index in [1.807, 2.05) is 11.6 Å². The van der Waals surface area contributed by atoms with Gasteiger partial charge in [0.1, 0.15) is 6.33 Å². The highest BCUT2D eigenvalue weighted by Gasteiger charge is 2.20. The highest BCUT2D eigenvalue weighted by molar-refractivity contribution is 14.0. The second kappa shape index (κ2) is 10.5. The zero-order chi connectivity index (χ0) is 17.5. The molecule has 0 radical (unpaired) electrons. The van der Waals surface area contributed by atoms with Gasteiger partial charge in [0.2, 0.25) is 5.91 Å². The monoisotopic (exact) mass is 464 g/mol. The summed E-state index contributed by atoms with van der Waals surface area (Å²) < 4.78 is 1.89. The van der Waals surface area contributed by atoms with Crippen LogP contribution in [0.2, 0.25) is 0 Å². The Kier molecular flexibility index (Phi) is 9.11. The predicted octanol–water partition coefficient (Wildman–Crippen LogP) is -0.396. The van der Waals surface area contributed by atoms with Crippen LogP contribution in [0.1, 0.15) is 12.2 Å². The molecule has 1 aliphatic rings. The molecule has 0 aliphatic carbocycles. The van der Waals surface area contributed by atoms with Gasteiger partial charge in [-0.05, 0) is 0 Å². The number of guanidine groups is 1. The number of aromatic nitrogens is 3. The lowest BCUT2D eigenvalue weighted by atomic mass is 10.3. The van der Waals surface area contributed by atoms with Gasteiger partial charge in [0.25, 0.3) is 0 Å². The number of hydrogen-bond acceptors (Lipinski definition) is 5. The minimum absolute atomic E-state index is 0. The topological polar surface area (TPSA) is 81.9 Å². The van der Waals surface area contributed by atoms with E-state index in [0.717, 1.165) is 44.5 Å². The first kappa shape index (κ1) is 21.6. The molecule has 2 heterocycles. The van der Waals surface area contributed by atoms with Crippen LogP contribution in [0, 0.1) is 0 Å². The summed E-state index contributed by atoms with van der Waals surface area (Å²) in [5, 5.41) is 11.3. The molecule has 1 aromatic heterocycles. The number of nitrogens with zero attached hydrogens (tertiary/aromatic N) is 7. The van der Waals surface area contributed by atoms with Crippen LogP contribution in [-0.2, 0) is 18.4 Å². The third-order valence-electron chi connectivity index (χ3n) is 4.23. The van der Waals surface area contributed by atoms with E-state index in [0.29, 0.717) is 13.0 Å². The minimum Gasteiger partial charge on any atom is -0.349 e. The van der Waals surface area contributed by atoms with E-state index in [1.165, 1.54) is 0 Å². The van der Waals surface area contributed by atoms with E-state index in [9.17, 15) is 4.79 Å². The second-order valence-corrected chi connectivity index (χ2v) is 6.13. The van der Waals surface area contributed by atoms with Gasteiger partial charge in [-0.2, -0.15) is 0 Å². The molecule has 1 aliphatic heterocycles. The molecule has 2 rings (SSSR count). The van der Waals surface area contributed by atoms with Crippen molar-refractivity contribution < 1.29 is 4.79 Å². The largest absolute Gasteiger partial charge is 0.349 e. The van der Waals surface area contributed by atoms with Crippen molar-refractivity contribution in [3.8, 4) is 0 Å². The molecule has 142 valence electrons. The molecule has 25 heavy (non-hydrogen) atoms. The number of aryl methyl sites for hydroxylation is 1. The Hall–Kier alpha value is -1.43. The first-order valence-electron chi connectivity index (χ1n) is 8.22. The Morgan fingerprint density at radius 1 is 1.32 bits per heavy atom. The molecule has 0 aromatic carbocycles. The number of halogens is 1. The molecule has 1 fully saturated rings. The lowest BCUT2D eigenvalue weighted by molar-refractivity contribution is -0.129. The molecule has 0 saturated carbocycles. The lowest BCUT2D eigenvalue weighted by Gasteiger charge is -2.36. The first-order chi connectivity index (χ1) is 11.5. The molecule has 0 bridgehead atoms. The molecule has 9 nitrogen and oxygen atoms in total. The van der Waals surface area contributed by atoms with Crippen molar-refractivity contribution in [3.63, 3.8) is 0 Å². The Morgan fingerprint density at radius 3 is 2.52 bits per heavy atom. The number of aliphatic imine (C=N–C) groups is 1. The summed E-state index contributed by atoms with van der Waals surface area (Å²) >= 11 is 0. The Balaban J connectivity index is 0.00000312. The van der Waals surface area contributed by atoms with Crippen LogP contribution < -0.4 is 5.32 Å². The highest BCUT2D eigenvalue weighted by atomic mass is 127. The van der Waals surface area contributed by atoms with Crippen molar-refractivity contribution in [3.05, 3.63) is 12.2 Å². The van der Waals surface area contributed by atoms with Gasteiger partial charge in [-0.25, -0.2) is 0 Å². The third-order valence-corrected chi connectivity index (χ3v) is 4.23. The Labute approximate surface area is 166 Å². The SMILES string of the molecule is CN=C(NCc1nncn1C)N1CCN(CCC(=O)N(C)C)CC1.I. The van der Waals surface area contributed by atoms with Gasteiger partial charge in [0.05, 0.1) is 6.54 Å². The summed E-state index contributed by atoms with van der Waals surface area (Å²) in [7, 11) is 7.31. The summed E-state index contributed by atoms with van der Waals surface area (Å²) in [4.78, 5) is 22.2. The van der Waals surface area contributed by atoms with Gasteiger partial charge >= 0.3 is 0 Å². The van der Waals surface area contributed by atoms with E-state index in [-0.39, 0.29) is 29.9 Å². The average molecular weight is 464 g/mol.